The highest BCUT2D eigenvalue weighted by molar-refractivity contribution is 5.27. The number of nitrogens with one attached hydrogen (secondary N) is 1. The van der Waals surface area contributed by atoms with Crippen LogP contribution in [0.1, 0.15) is 70.8 Å². The number of aromatic nitrogens is 2. The zero-order valence-corrected chi connectivity index (χ0v) is 13.9. The highest BCUT2D eigenvalue weighted by Gasteiger charge is 2.23. The predicted molar refractivity (Wildman–Crippen MR) is 84.9 cm³/mol. The minimum atomic E-state index is 0.159. The van der Waals surface area contributed by atoms with Crippen LogP contribution in [-0.4, -0.2) is 15.3 Å². The zero-order chi connectivity index (χ0) is 14.8. The van der Waals surface area contributed by atoms with E-state index in [9.17, 15) is 0 Å². The van der Waals surface area contributed by atoms with Gasteiger partial charge in [0.25, 0.3) is 0 Å². The van der Waals surface area contributed by atoms with Gasteiger partial charge in [-0.25, -0.2) is 0 Å². The van der Waals surface area contributed by atoms with Gasteiger partial charge < -0.3 is 5.32 Å². The fraction of sp³-hybridized carbons (Fsp3) is 0.824. The van der Waals surface area contributed by atoms with E-state index >= 15 is 0 Å². The molecule has 3 heteroatoms. The fourth-order valence-electron chi connectivity index (χ4n) is 2.72. The maximum Gasteiger partial charge on any atom is 0.0669 e. The monoisotopic (exact) mass is 277 g/mol. The summed E-state index contributed by atoms with van der Waals surface area (Å²) < 4.78 is 2.29. The van der Waals surface area contributed by atoms with Crippen LogP contribution in [0.15, 0.2) is 0 Å². The second kappa shape index (κ2) is 6.30. The van der Waals surface area contributed by atoms with Crippen LogP contribution >= 0.6 is 0 Å². The Morgan fingerprint density at radius 2 is 1.90 bits per heavy atom. The number of hydrogen-bond acceptors (Lipinski definition) is 2. The van der Waals surface area contributed by atoms with Gasteiger partial charge in [-0.2, -0.15) is 5.10 Å². The molecule has 1 aliphatic rings. The van der Waals surface area contributed by atoms with Gasteiger partial charge in [0.2, 0.25) is 0 Å². The number of rotatable bonds is 7. The van der Waals surface area contributed by atoms with Gasteiger partial charge in [0.1, 0.15) is 0 Å². The molecule has 0 spiro atoms. The van der Waals surface area contributed by atoms with Crippen LogP contribution in [-0.2, 0) is 25.9 Å². The van der Waals surface area contributed by atoms with Crippen molar-refractivity contribution in [2.75, 3.05) is 0 Å². The lowest BCUT2D eigenvalue weighted by Crippen LogP contribution is -2.35. The van der Waals surface area contributed by atoms with Crippen LogP contribution in [0.4, 0.5) is 0 Å². The molecular formula is C17H31N3. The van der Waals surface area contributed by atoms with Crippen LogP contribution < -0.4 is 5.32 Å². The summed E-state index contributed by atoms with van der Waals surface area (Å²) in [5.41, 5.74) is 4.33. The molecule has 0 bridgehead atoms. The van der Waals surface area contributed by atoms with Gasteiger partial charge >= 0.3 is 0 Å². The molecule has 1 saturated carbocycles. The van der Waals surface area contributed by atoms with Crippen LogP contribution in [0.2, 0.25) is 0 Å². The predicted octanol–water partition coefficient (Wildman–Crippen LogP) is 3.70. The van der Waals surface area contributed by atoms with E-state index in [4.69, 9.17) is 5.10 Å². The molecule has 1 heterocycles. The summed E-state index contributed by atoms with van der Waals surface area (Å²) >= 11 is 0. The number of hydrogen-bond donors (Lipinski definition) is 1. The quantitative estimate of drug-likeness (QED) is 0.823. The van der Waals surface area contributed by atoms with E-state index < -0.39 is 0 Å². The molecule has 0 aliphatic heterocycles. The van der Waals surface area contributed by atoms with Crippen molar-refractivity contribution in [3.8, 4) is 0 Å². The Labute approximate surface area is 124 Å². The van der Waals surface area contributed by atoms with Crippen molar-refractivity contribution in [1.29, 1.82) is 0 Å². The number of aryl methyl sites for hydroxylation is 2. The summed E-state index contributed by atoms with van der Waals surface area (Å²) in [6.07, 6.45) is 6.29. The van der Waals surface area contributed by atoms with Crippen molar-refractivity contribution < 1.29 is 0 Å². The van der Waals surface area contributed by atoms with Gasteiger partial charge in [0.05, 0.1) is 5.69 Å². The third-order valence-corrected chi connectivity index (χ3v) is 4.16. The van der Waals surface area contributed by atoms with Crippen molar-refractivity contribution in [1.82, 2.24) is 15.1 Å². The highest BCUT2D eigenvalue weighted by atomic mass is 15.3. The summed E-state index contributed by atoms with van der Waals surface area (Å²) in [5.74, 6) is 0.977. The lowest BCUT2D eigenvalue weighted by Gasteiger charge is -2.21. The topological polar surface area (TPSA) is 29.9 Å². The number of nitrogens with zero attached hydrogens (tertiary/aromatic N) is 2. The van der Waals surface area contributed by atoms with Gasteiger partial charge in [0, 0.05) is 29.9 Å². The second-order valence-electron chi connectivity index (χ2n) is 7.14. The molecule has 0 amide bonds. The molecule has 1 fully saturated rings. The minimum Gasteiger partial charge on any atom is -0.308 e. The Morgan fingerprint density at radius 1 is 1.20 bits per heavy atom. The van der Waals surface area contributed by atoms with Crippen LogP contribution in [0.25, 0.3) is 0 Å². The highest BCUT2D eigenvalue weighted by Crippen LogP contribution is 2.33. The van der Waals surface area contributed by atoms with Crippen molar-refractivity contribution in [2.24, 2.45) is 5.92 Å². The van der Waals surface area contributed by atoms with E-state index in [0.29, 0.717) is 0 Å². The standard InChI is InChI=1S/C17H31N3/c1-6-15-14(12-18-17(3,4)5)16(7-2)20(19-15)11-10-13-8-9-13/h13,18H,6-12H2,1-5H3. The van der Waals surface area contributed by atoms with Gasteiger partial charge in [0.15, 0.2) is 0 Å². The SMILES string of the molecule is CCc1nn(CCC2CC2)c(CC)c1CNC(C)(C)C. The maximum atomic E-state index is 4.88. The van der Waals surface area contributed by atoms with E-state index in [-0.39, 0.29) is 5.54 Å². The summed E-state index contributed by atoms with van der Waals surface area (Å²) in [5, 5.41) is 8.50. The van der Waals surface area contributed by atoms with E-state index in [0.717, 1.165) is 31.8 Å². The maximum absolute atomic E-state index is 4.88. The van der Waals surface area contributed by atoms with Gasteiger partial charge in [-0.05, 0) is 46.0 Å². The first-order valence-corrected chi connectivity index (χ1v) is 8.27. The fourth-order valence-corrected chi connectivity index (χ4v) is 2.72. The molecule has 0 saturated heterocycles. The Balaban J connectivity index is 2.13. The molecule has 3 nitrogen and oxygen atoms in total. The normalized spacial score (nSPS) is 15.8. The molecule has 0 aromatic carbocycles. The van der Waals surface area contributed by atoms with Crippen molar-refractivity contribution >= 4 is 0 Å². The molecule has 1 aliphatic carbocycles. The molecule has 20 heavy (non-hydrogen) atoms. The first-order valence-electron chi connectivity index (χ1n) is 8.27. The molecule has 1 aromatic rings. The van der Waals surface area contributed by atoms with Crippen molar-refractivity contribution in [2.45, 2.75) is 85.4 Å². The molecule has 0 atom stereocenters. The van der Waals surface area contributed by atoms with Gasteiger partial charge in [-0.15, -0.1) is 0 Å². The third kappa shape index (κ3) is 4.08. The van der Waals surface area contributed by atoms with Crippen LogP contribution in [0, 0.1) is 5.92 Å². The van der Waals surface area contributed by atoms with E-state index in [2.05, 4.69) is 44.6 Å². The average Bonchev–Trinajstić information content (AvgIpc) is 3.14. The Bertz CT molecular complexity index is 436. The largest absolute Gasteiger partial charge is 0.308 e. The molecule has 1 aromatic heterocycles. The summed E-state index contributed by atoms with van der Waals surface area (Å²) in [6, 6.07) is 0. The third-order valence-electron chi connectivity index (χ3n) is 4.16. The van der Waals surface area contributed by atoms with Gasteiger partial charge in [-0.3, -0.25) is 4.68 Å². The van der Waals surface area contributed by atoms with Gasteiger partial charge in [-0.1, -0.05) is 26.7 Å². The zero-order valence-electron chi connectivity index (χ0n) is 13.9. The molecule has 0 unspecified atom stereocenters. The summed E-state index contributed by atoms with van der Waals surface area (Å²) in [6.45, 7) is 13.2. The smallest absolute Gasteiger partial charge is 0.0669 e. The summed E-state index contributed by atoms with van der Waals surface area (Å²) in [7, 11) is 0. The first-order chi connectivity index (χ1) is 9.44. The second-order valence-corrected chi connectivity index (χ2v) is 7.14. The Kier molecular flexibility index (Phi) is 4.90. The lowest BCUT2D eigenvalue weighted by atomic mass is 10.1. The van der Waals surface area contributed by atoms with E-state index in [1.165, 1.54) is 36.2 Å². The molecule has 114 valence electrons. The van der Waals surface area contributed by atoms with Crippen molar-refractivity contribution in [3.63, 3.8) is 0 Å². The first kappa shape index (κ1) is 15.6. The van der Waals surface area contributed by atoms with E-state index in [1.54, 1.807) is 0 Å². The minimum absolute atomic E-state index is 0.159. The Hall–Kier alpha value is -0.830. The molecule has 1 N–H and O–H groups in total. The Morgan fingerprint density at radius 3 is 2.40 bits per heavy atom. The lowest BCUT2D eigenvalue weighted by molar-refractivity contribution is 0.422. The van der Waals surface area contributed by atoms with E-state index in [1.807, 2.05) is 0 Å². The average molecular weight is 277 g/mol. The molecule has 0 radical (unpaired) electrons. The van der Waals surface area contributed by atoms with Crippen LogP contribution in [0.5, 0.6) is 0 Å². The molecular weight excluding hydrogens is 246 g/mol. The van der Waals surface area contributed by atoms with Crippen LogP contribution in [0.3, 0.4) is 0 Å². The van der Waals surface area contributed by atoms with Crippen molar-refractivity contribution in [3.05, 3.63) is 17.0 Å². The molecule has 2 rings (SSSR count). The summed E-state index contributed by atoms with van der Waals surface area (Å²) in [4.78, 5) is 0.